The lowest BCUT2D eigenvalue weighted by molar-refractivity contribution is 0.388. The Hall–Kier alpha value is 1.09. The molecule has 0 saturated carbocycles. The maximum absolute atomic E-state index is 2.86. The first-order valence-electron chi connectivity index (χ1n) is 4.02. The number of rotatable bonds is 4. The molecule has 1 unspecified atom stereocenters. The highest BCUT2D eigenvalue weighted by Gasteiger charge is 2.27. The van der Waals surface area contributed by atoms with Crippen LogP contribution in [0.4, 0.5) is 0 Å². The molecule has 0 aromatic rings. The van der Waals surface area contributed by atoms with Crippen molar-refractivity contribution >= 4 is 35.8 Å². The third-order valence-electron chi connectivity index (χ3n) is 1.58. The molecule has 0 N–H and O–H groups in total. The quantitative estimate of drug-likeness (QED) is 0.316. The van der Waals surface area contributed by atoms with Crippen LogP contribution in [0.1, 0.15) is 35.5 Å². The highest BCUT2D eigenvalue weighted by molar-refractivity contribution is 14.1. The molecule has 0 radical (unpaired) electrons. The Kier molecular flexibility index (Phi) is 5.46. The minimum Gasteiger partial charge on any atom is -0.159 e. The van der Waals surface area contributed by atoms with E-state index in [-0.39, 0.29) is 1.43 Å². The Morgan fingerprint density at radius 2 is 2.00 bits per heavy atom. The average Bonchev–Trinajstić information content (AvgIpc) is 1.53. The van der Waals surface area contributed by atoms with Crippen LogP contribution in [-0.4, -0.2) is 4.29 Å². The fourth-order valence-corrected chi connectivity index (χ4v) is 3.39. The van der Waals surface area contributed by atoms with Crippen LogP contribution in [0.25, 0.3) is 0 Å². The van der Waals surface area contributed by atoms with Crippen LogP contribution in [0.2, 0.25) is 6.32 Å². The molecule has 0 rings (SSSR count). The van der Waals surface area contributed by atoms with Crippen molar-refractivity contribution in [2.45, 2.75) is 40.4 Å². The van der Waals surface area contributed by atoms with E-state index in [9.17, 15) is 0 Å². The molecule has 1 atom stereocenters. The van der Waals surface area contributed by atoms with Crippen LogP contribution in [0.5, 0.6) is 0 Å². The lowest BCUT2D eigenvalue weighted by atomic mass is 9.73. The Morgan fingerprint density at radius 1 is 1.55 bits per heavy atom. The van der Waals surface area contributed by atoms with Gasteiger partial charge in [-0.15, -0.1) is 22.4 Å². The van der Waals surface area contributed by atoms with Crippen LogP contribution in [0.15, 0.2) is 0 Å². The number of halogens is 1. The van der Waals surface area contributed by atoms with Gasteiger partial charge in [0, 0.05) is 1.43 Å². The summed E-state index contributed by atoms with van der Waals surface area (Å²) in [5.74, 6) is 1.54. The van der Waals surface area contributed by atoms with Crippen molar-refractivity contribution in [1.82, 2.24) is 0 Å². The maximum atomic E-state index is 2.86. The van der Waals surface area contributed by atoms with Gasteiger partial charge < -0.3 is 0 Å². The molecule has 0 aromatic heterocycles. The topological polar surface area (TPSA) is 0 Å². The predicted octanol–water partition coefficient (Wildman–Crippen LogP) is 4.06. The number of hydrogen-bond donors (Lipinski definition) is 0. The zero-order valence-electron chi connectivity index (χ0n) is 7.95. The molecule has 3 heteroatoms. The molecule has 0 bridgehead atoms. The molecule has 0 fully saturated rings. The van der Waals surface area contributed by atoms with Gasteiger partial charge in [0.1, 0.15) is 0 Å². The summed E-state index contributed by atoms with van der Waals surface area (Å²) in [7, 11) is 2.86. The minimum absolute atomic E-state index is 0. The summed E-state index contributed by atoms with van der Waals surface area (Å²) in [6.07, 6.45) is 2.53. The molecular formula is C8H20BIP+. The van der Waals surface area contributed by atoms with Crippen LogP contribution in [0, 0.1) is 11.3 Å². The van der Waals surface area contributed by atoms with Crippen molar-refractivity contribution in [3.05, 3.63) is 5.92 Å². The van der Waals surface area contributed by atoms with Gasteiger partial charge in [-0.25, -0.2) is 0 Å². The monoisotopic (exact) mass is 285 g/mol. The minimum atomic E-state index is 0. The molecule has 0 aromatic carbocycles. The van der Waals surface area contributed by atoms with E-state index in [1.165, 1.54) is 18.7 Å². The highest BCUT2D eigenvalue weighted by atomic mass is 127. The van der Waals surface area contributed by atoms with Gasteiger partial charge in [-0.1, -0.05) is 20.2 Å². The summed E-state index contributed by atoms with van der Waals surface area (Å²) in [5.41, 5.74) is 0.479. The van der Waals surface area contributed by atoms with E-state index in [4.69, 9.17) is 0 Å². The summed E-state index contributed by atoms with van der Waals surface area (Å²) in [6.45, 7) is 9.12. The first-order chi connectivity index (χ1) is 4.83. The zero-order chi connectivity index (χ0) is 9.07. The van der Waals surface area contributed by atoms with E-state index in [0.29, 0.717) is 9.70 Å². The summed E-state index contributed by atoms with van der Waals surface area (Å²) in [4.78, 5) is 0. The summed E-state index contributed by atoms with van der Waals surface area (Å²) >= 11 is 2.47. The Balaban J connectivity index is 0. The zero-order valence-corrected chi connectivity index (χ0v) is 11.3. The van der Waals surface area contributed by atoms with Gasteiger partial charge in [-0.3, -0.25) is 0 Å². The van der Waals surface area contributed by atoms with E-state index in [2.05, 4.69) is 59.2 Å². The van der Waals surface area contributed by atoms with Crippen molar-refractivity contribution < 1.29 is 1.43 Å². The van der Waals surface area contributed by atoms with Crippen LogP contribution >= 0.6 is 31.5 Å². The fraction of sp³-hybridized carbons (Fsp3) is 0.875. The Morgan fingerprint density at radius 3 is 2.27 bits per heavy atom. The standard InChI is InChI=1S/C8H18BIP.H2/c1-7(2)5-8(3,4)6-9(10)11;/h5-6,11H2,1-4H3;1H/q+1;. The second-order valence-corrected chi connectivity index (χ2v) is 8.03. The molecule has 0 aliphatic rings. The molecule has 0 nitrogen and oxygen atoms in total. The molecule has 11 heavy (non-hydrogen) atoms. The average molecular weight is 285 g/mol. The van der Waals surface area contributed by atoms with Crippen molar-refractivity contribution in [2.24, 2.45) is 5.41 Å². The SMILES string of the molecule is C[C+](C)CC(C)(C)CB(P)I.[HH]. The lowest BCUT2D eigenvalue weighted by Gasteiger charge is -2.21. The maximum Gasteiger partial charge on any atom is 0.240 e. The largest absolute Gasteiger partial charge is 0.240 e. The van der Waals surface area contributed by atoms with Crippen LogP contribution in [0.3, 0.4) is 0 Å². The van der Waals surface area contributed by atoms with Crippen molar-refractivity contribution in [2.75, 3.05) is 0 Å². The van der Waals surface area contributed by atoms with Gasteiger partial charge in [-0.05, 0) is 5.41 Å². The van der Waals surface area contributed by atoms with E-state index in [0.717, 1.165) is 0 Å². The van der Waals surface area contributed by atoms with Crippen LogP contribution in [-0.2, 0) is 0 Å². The van der Waals surface area contributed by atoms with E-state index < -0.39 is 0 Å². The second kappa shape index (κ2) is 4.96. The molecule has 0 aliphatic carbocycles. The highest BCUT2D eigenvalue weighted by Crippen LogP contribution is 2.34. The molecule has 0 amide bonds. The van der Waals surface area contributed by atoms with Gasteiger partial charge in [0.25, 0.3) is 0 Å². The molecule has 0 saturated heterocycles. The summed E-state index contributed by atoms with van der Waals surface area (Å²) in [6, 6.07) is 0. The van der Waals surface area contributed by atoms with Gasteiger partial charge in [0.15, 0.2) is 0 Å². The van der Waals surface area contributed by atoms with Crippen molar-refractivity contribution in [3.8, 4) is 0 Å². The molecular weight excluding hydrogens is 265 g/mol. The molecule has 0 spiro atoms. The normalized spacial score (nSPS) is 11.5. The second-order valence-electron chi connectivity index (χ2n) is 4.27. The first kappa shape index (κ1) is 12.1. The predicted molar refractivity (Wildman–Crippen MR) is 69.4 cm³/mol. The van der Waals surface area contributed by atoms with E-state index in [1.807, 2.05) is 0 Å². The molecule has 0 aliphatic heterocycles. The number of hydrogen-bond acceptors (Lipinski definition) is 0. The van der Waals surface area contributed by atoms with Gasteiger partial charge in [0.05, 0.1) is 26.2 Å². The Bertz CT molecular complexity index is 106. The van der Waals surface area contributed by atoms with Gasteiger partial charge in [-0.2, -0.15) is 9.12 Å². The van der Waals surface area contributed by atoms with Crippen molar-refractivity contribution in [1.29, 1.82) is 0 Å². The lowest BCUT2D eigenvalue weighted by Crippen LogP contribution is -2.16. The first-order valence-corrected chi connectivity index (χ1v) is 5.93. The fourth-order valence-electron chi connectivity index (χ4n) is 1.56. The van der Waals surface area contributed by atoms with E-state index in [1.54, 1.807) is 0 Å². The molecule has 0 heterocycles. The summed E-state index contributed by atoms with van der Waals surface area (Å²) in [5, 5.41) is 0. The van der Waals surface area contributed by atoms with Crippen molar-refractivity contribution in [3.63, 3.8) is 0 Å². The van der Waals surface area contributed by atoms with Gasteiger partial charge >= 0.3 is 0 Å². The molecule has 66 valence electrons. The third-order valence-corrected chi connectivity index (χ3v) is 2.26. The van der Waals surface area contributed by atoms with Crippen LogP contribution < -0.4 is 0 Å². The van der Waals surface area contributed by atoms with Gasteiger partial charge in [0.2, 0.25) is 4.29 Å². The van der Waals surface area contributed by atoms with E-state index >= 15 is 0 Å². The smallest absolute Gasteiger partial charge is 0.159 e. The Labute approximate surface area is 88.9 Å². The summed E-state index contributed by atoms with van der Waals surface area (Å²) < 4.78 is 0.710. The third kappa shape index (κ3) is 7.46.